The molecule has 0 saturated heterocycles. The van der Waals surface area contributed by atoms with Gasteiger partial charge in [-0.2, -0.15) is 5.26 Å². The van der Waals surface area contributed by atoms with Crippen LogP contribution in [0, 0.1) is 22.7 Å². The van der Waals surface area contributed by atoms with Crippen molar-refractivity contribution < 1.29 is 4.79 Å². The average molecular weight is 258 g/mol. The molecular weight excluding hydrogens is 236 g/mol. The van der Waals surface area contributed by atoms with E-state index in [1.165, 1.54) is 0 Å². The number of amides is 1. The molecule has 1 amide bonds. The van der Waals surface area contributed by atoms with Gasteiger partial charge in [-0.3, -0.25) is 4.79 Å². The highest BCUT2D eigenvalue weighted by Crippen LogP contribution is 2.29. The lowest BCUT2D eigenvalue weighted by atomic mass is 9.80. The van der Waals surface area contributed by atoms with Gasteiger partial charge in [0, 0.05) is 19.2 Å². The van der Waals surface area contributed by atoms with E-state index in [1.54, 1.807) is 36.2 Å². The molecule has 0 fully saturated rings. The van der Waals surface area contributed by atoms with E-state index >= 15 is 0 Å². The lowest BCUT2D eigenvalue weighted by molar-refractivity contribution is -0.119. The first-order chi connectivity index (χ1) is 8.75. The SMILES string of the molecule is CC(CC(=O)N(C)c1ccc(C#N)cc1)C(C)(C)C. The summed E-state index contributed by atoms with van der Waals surface area (Å²) in [7, 11) is 1.78. The number of carbonyl (C=O) groups is 1. The first-order valence-electron chi connectivity index (χ1n) is 6.52. The first kappa shape index (κ1) is 15.2. The molecule has 1 atom stereocenters. The van der Waals surface area contributed by atoms with Gasteiger partial charge in [0.05, 0.1) is 11.6 Å². The van der Waals surface area contributed by atoms with Crippen LogP contribution in [0.5, 0.6) is 0 Å². The van der Waals surface area contributed by atoms with E-state index in [2.05, 4.69) is 33.8 Å². The van der Waals surface area contributed by atoms with Crippen LogP contribution in [0.15, 0.2) is 24.3 Å². The Labute approximate surface area is 115 Å². The van der Waals surface area contributed by atoms with Gasteiger partial charge in [-0.1, -0.05) is 27.7 Å². The minimum absolute atomic E-state index is 0.104. The molecule has 0 aliphatic carbocycles. The Kier molecular flexibility index (Phi) is 4.72. The van der Waals surface area contributed by atoms with Gasteiger partial charge in [-0.05, 0) is 35.6 Å². The van der Waals surface area contributed by atoms with E-state index in [0.717, 1.165) is 5.69 Å². The highest BCUT2D eigenvalue weighted by Gasteiger charge is 2.24. The number of hydrogen-bond acceptors (Lipinski definition) is 2. The molecule has 0 saturated carbocycles. The summed E-state index contributed by atoms with van der Waals surface area (Å²) in [5.41, 5.74) is 1.55. The van der Waals surface area contributed by atoms with Crippen molar-refractivity contribution in [2.75, 3.05) is 11.9 Å². The van der Waals surface area contributed by atoms with Crippen LogP contribution in [0.4, 0.5) is 5.69 Å². The molecule has 1 unspecified atom stereocenters. The molecule has 0 bridgehead atoms. The van der Waals surface area contributed by atoms with Crippen LogP contribution in [-0.2, 0) is 4.79 Å². The molecule has 1 aromatic carbocycles. The van der Waals surface area contributed by atoms with Crippen LogP contribution in [-0.4, -0.2) is 13.0 Å². The largest absolute Gasteiger partial charge is 0.315 e. The number of nitriles is 1. The minimum atomic E-state index is 0.104. The summed E-state index contributed by atoms with van der Waals surface area (Å²) in [6.45, 7) is 8.54. The van der Waals surface area contributed by atoms with E-state index in [-0.39, 0.29) is 11.3 Å². The Morgan fingerprint density at radius 2 is 1.84 bits per heavy atom. The highest BCUT2D eigenvalue weighted by atomic mass is 16.2. The van der Waals surface area contributed by atoms with Crippen LogP contribution >= 0.6 is 0 Å². The van der Waals surface area contributed by atoms with Crippen molar-refractivity contribution in [3.63, 3.8) is 0 Å². The lowest BCUT2D eigenvalue weighted by Gasteiger charge is -2.28. The van der Waals surface area contributed by atoms with Crippen molar-refractivity contribution >= 4 is 11.6 Å². The van der Waals surface area contributed by atoms with Gasteiger partial charge < -0.3 is 4.90 Å². The third-order valence-electron chi connectivity index (χ3n) is 3.72. The van der Waals surface area contributed by atoms with Crippen molar-refractivity contribution in [3.05, 3.63) is 29.8 Å². The van der Waals surface area contributed by atoms with Crippen LogP contribution < -0.4 is 4.90 Å². The molecule has 1 rings (SSSR count). The van der Waals surface area contributed by atoms with Gasteiger partial charge in [0.15, 0.2) is 0 Å². The second-order valence-electron chi connectivity index (χ2n) is 6.08. The fourth-order valence-electron chi connectivity index (χ4n) is 1.61. The zero-order valence-electron chi connectivity index (χ0n) is 12.4. The monoisotopic (exact) mass is 258 g/mol. The number of anilines is 1. The number of benzene rings is 1. The van der Waals surface area contributed by atoms with Crippen molar-refractivity contribution in [3.8, 4) is 6.07 Å². The number of hydrogen-bond donors (Lipinski definition) is 0. The summed E-state index contributed by atoms with van der Waals surface area (Å²) in [5, 5.41) is 8.75. The number of nitrogens with zero attached hydrogens (tertiary/aromatic N) is 2. The maximum absolute atomic E-state index is 12.2. The van der Waals surface area contributed by atoms with Gasteiger partial charge in [0.25, 0.3) is 0 Å². The van der Waals surface area contributed by atoms with Crippen LogP contribution in [0.3, 0.4) is 0 Å². The molecule has 0 aliphatic heterocycles. The molecule has 0 N–H and O–H groups in total. The molecule has 102 valence electrons. The molecule has 3 nitrogen and oxygen atoms in total. The molecule has 0 radical (unpaired) electrons. The minimum Gasteiger partial charge on any atom is -0.315 e. The summed E-state index contributed by atoms with van der Waals surface area (Å²) in [6.07, 6.45) is 0.528. The molecule has 19 heavy (non-hydrogen) atoms. The number of rotatable bonds is 3. The van der Waals surface area contributed by atoms with Crippen LogP contribution in [0.1, 0.15) is 39.7 Å². The second-order valence-corrected chi connectivity index (χ2v) is 6.08. The van der Waals surface area contributed by atoms with Crippen LogP contribution in [0.25, 0.3) is 0 Å². The number of carbonyl (C=O) groups excluding carboxylic acids is 1. The van der Waals surface area contributed by atoms with E-state index < -0.39 is 0 Å². The van der Waals surface area contributed by atoms with Gasteiger partial charge in [0.2, 0.25) is 5.91 Å². The maximum atomic E-state index is 12.2. The molecule has 1 aromatic rings. The quantitative estimate of drug-likeness (QED) is 0.831. The fourth-order valence-corrected chi connectivity index (χ4v) is 1.61. The molecule has 0 aromatic heterocycles. The van der Waals surface area contributed by atoms with Gasteiger partial charge >= 0.3 is 0 Å². The Morgan fingerprint density at radius 3 is 2.26 bits per heavy atom. The molecular formula is C16H22N2O. The van der Waals surface area contributed by atoms with Crippen molar-refractivity contribution in [2.24, 2.45) is 11.3 Å². The van der Waals surface area contributed by atoms with Crippen molar-refractivity contribution in [2.45, 2.75) is 34.1 Å². The lowest BCUT2D eigenvalue weighted by Crippen LogP contribution is -2.30. The Hall–Kier alpha value is -1.82. The summed E-state index contributed by atoms with van der Waals surface area (Å²) >= 11 is 0. The Bertz CT molecular complexity index is 477. The summed E-state index contributed by atoms with van der Waals surface area (Å²) in [5.74, 6) is 0.424. The summed E-state index contributed by atoms with van der Waals surface area (Å²) in [4.78, 5) is 13.9. The summed E-state index contributed by atoms with van der Waals surface area (Å²) < 4.78 is 0. The highest BCUT2D eigenvalue weighted by molar-refractivity contribution is 5.92. The molecule has 0 spiro atoms. The maximum Gasteiger partial charge on any atom is 0.227 e. The van der Waals surface area contributed by atoms with Gasteiger partial charge in [-0.15, -0.1) is 0 Å². The van der Waals surface area contributed by atoms with Crippen molar-refractivity contribution in [1.29, 1.82) is 5.26 Å². The van der Waals surface area contributed by atoms with E-state index in [0.29, 0.717) is 17.9 Å². The first-order valence-corrected chi connectivity index (χ1v) is 6.52. The van der Waals surface area contributed by atoms with Gasteiger partial charge in [-0.25, -0.2) is 0 Å². The molecule has 0 heterocycles. The van der Waals surface area contributed by atoms with E-state index in [1.807, 2.05) is 0 Å². The average Bonchev–Trinajstić information content (AvgIpc) is 2.36. The van der Waals surface area contributed by atoms with Crippen molar-refractivity contribution in [1.82, 2.24) is 0 Å². The Balaban J connectivity index is 2.74. The van der Waals surface area contributed by atoms with E-state index in [4.69, 9.17) is 5.26 Å². The predicted molar refractivity (Wildman–Crippen MR) is 77.8 cm³/mol. The standard InChI is InChI=1S/C16H22N2O/c1-12(16(2,3)4)10-15(19)18(5)14-8-6-13(11-17)7-9-14/h6-9,12H,10H2,1-5H3. The molecule has 0 aliphatic rings. The zero-order chi connectivity index (χ0) is 14.6. The Morgan fingerprint density at radius 1 is 1.32 bits per heavy atom. The fraction of sp³-hybridized carbons (Fsp3) is 0.500. The third kappa shape index (κ3) is 4.10. The van der Waals surface area contributed by atoms with E-state index in [9.17, 15) is 4.79 Å². The van der Waals surface area contributed by atoms with Crippen LogP contribution in [0.2, 0.25) is 0 Å². The zero-order valence-corrected chi connectivity index (χ0v) is 12.4. The summed E-state index contributed by atoms with van der Waals surface area (Å²) in [6, 6.07) is 9.14. The third-order valence-corrected chi connectivity index (χ3v) is 3.72. The normalized spacial score (nSPS) is 12.6. The second kappa shape index (κ2) is 5.88. The topological polar surface area (TPSA) is 44.1 Å². The smallest absolute Gasteiger partial charge is 0.227 e. The van der Waals surface area contributed by atoms with Gasteiger partial charge in [0.1, 0.15) is 0 Å². The predicted octanol–water partition coefficient (Wildman–Crippen LogP) is 3.59. The molecule has 3 heteroatoms.